The van der Waals surface area contributed by atoms with Gasteiger partial charge in [0.25, 0.3) is 5.91 Å². The van der Waals surface area contributed by atoms with Crippen molar-refractivity contribution in [2.24, 2.45) is 0 Å². The van der Waals surface area contributed by atoms with E-state index in [1.54, 1.807) is 0 Å². The minimum Gasteiger partial charge on any atom is -0.368 e. The van der Waals surface area contributed by atoms with Crippen LogP contribution < -0.4 is 5.32 Å². The highest BCUT2D eigenvalue weighted by atomic mass is 16.5. The molecule has 16 heavy (non-hydrogen) atoms. The molecular weight excluding hydrogens is 204 g/mol. The fourth-order valence-electron chi connectivity index (χ4n) is 2.44. The Morgan fingerprint density at radius 2 is 2.25 bits per heavy atom. The van der Waals surface area contributed by atoms with Crippen molar-refractivity contribution in [3.05, 3.63) is 0 Å². The summed E-state index contributed by atoms with van der Waals surface area (Å²) in [5.74, 6) is 0.177. The summed E-state index contributed by atoms with van der Waals surface area (Å²) in [6.45, 7) is 8.71. The summed E-state index contributed by atoms with van der Waals surface area (Å²) in [7, 11) is 0. The Labute approximate surface area is 97.3 Å². The third-order valence-corrected chi connectivity index (χ3v) is 3.54. The third kappa shape index (κ3) is 2.23. The van der Waals surface area contributed by atoms with Crippen molar-refractivity contribution in [2.75, 3.05) is 19.7 Å². The summed E-state index contributed by atoms with van der Waals surface area (Å²) in [4.78, 5) is 14.3. The van der Waals surface area contributed by atoms with Crippen LogP contribution in [-0.2, 0) is 9.53 Å². The molecule has 0 aromatic carbocycles. The van der Waals surface area contributed by atoms with Crippen molar-refractivity contribution in [1.82, 2.24) is 10.2 Å². The predicted molar refractivity (Wildman–Crippen MR) is 62.2 cm³/mol. The van der Waals surface area contributed by atoms with E-state index in [1.807, 2.05) is 4.90 Å². The van der Waals surface area contributed by atoms with E-state index in [9.17, 15) is 4.79 Å². The standard InChI is InChI=1S/C12H22N2O2/c1-9-7-14(12(2,3)8-13-9)11(15)10-5-4-6-16-10/h9-10,13H,4-8H2,1-3H3. The van der Waals surface area contributed by atoms with Crippen LogP contribution in [0.2, 0.25) is 0 Å². The predicted octanol–water partition coefficient (Wildman–Crippen LogP) is 0.764. The summed E-state index contributed by atoms with van der Waals surface area (Å²) in [5, 5.41) is 3.41. The molecule has 2 rings (SSSR count). The number of hydrogen-bond acceptors (Lipinski definition) is 3. The molecule has 0 radical (unpaired) electrons. The lowest BCUT2D eigenvalue weighted by Gasteiger charge is -2.46. The Hall–Kier alpha value is -0.610. The zero-order chi connectivity index (χ0) is 11.8. The van der Waals surface area contributed by atoms with Crippen LogP contribution in [0.25, 0.3) is 0 Å². The summed E-state index contributed by atoms with van der Waals surface area (Å²) in [5.41, 5.74) is -0.102. The molecule has 2 saturated heterocycles. The summed E-state index contributed by atoms with van der Waals surface area (Å²) >= 11 is 0. The second-order valence-corrected chi connectivity index (χ2v) is 5.54. The van der Waals surface area contributed by atoms with Crippen LogP contribution in [0.15, 0.2) is 0 Å². The second-order valence-electron chi connectivity index (χ2n) is 5.54. The monoisotopic (exact) mass is 226 g/mol. The first-order valence-electron chi connectivity index (χ1n) is 6.17. The molecule has 1 amide bonds. The number of ether oxygens (including phenoxy) is 1. The maximum Gasteiger partial charge on any atom is 0.252 e. The summed E-state index contributed by atoms with van der Waals surface area (Å²) in [6, 6.07) is 0.373. The highest BCUT2D eigenvalue weighted by Gasteiger charge is 2.39. The first-order valence-corrected chi connectivity index (χ1v) is 6.17. The van der Waals surface area contributed by atoms with Crippen LogP contribution in [0.4, 0.5) is 0 Å². The largest absolute Gasteiger partial charge is 0.368 e. The van der Waals surface area contributed by atoms with E-state index in [0.717, 1.165) is 32.5 Å². The molecular formula is C12H22N2O2. The van der Waals surface area contributed by atoms with Gasteiger partial charge >= 0.3 is 0 Å². The van der Waals surface area contributed by atoms with E-state index in [1.165, 1.54) is 0 Å². The molecule has 1 N–H and O–H groups in total. The van der Waals surface area contributed by atoms with E-state index in [-0.39, 0.29) is 17.6 Å². The average Bonchev–Trinajstić information content (AvgIpc) is 2.74. The van der Waals surface area contributed by atoms with Crippen molar-refractivity contribution in [3.8, 4) is 0 Å². The Morgan fingerprint density at radius 1 is 1.50 bits per heavy atom. The smallest absolute Gasteiger partial charge is 0.252 e. The molecule has 0 aromatic heterocycles. The van der Waals surface area contributed by atoms with Crippen LogP contribution >= 0.6 is 0 Å². The minimum absolute atomic E-state index is 0.102. The lowest BCUT2D eigenvalue weighted by Crippen LogP contribution is -2.64. The molecule has 0 aromatic rings. The van der Waals surface area contributed by atoms with Gasteiger partial charge in [0.05, 0.1) is 0 Å². The van der Waals surface area contributed by atoms with E-state index in [2.05, 4.69) is 26.1 Å². The molecule has 2 unspecified atom stereocenters. The lowest BCUT2D eigenvalue weighted by atomic mass is 9.96. The van der Waals surface area contributed by atoms with Gasteiger partial charge in [-0.2, -0.15) is 0 Å². The number of carbonyl (C=O) groups excluding carboxylic acids is 1. The van der Waals surface area contributed by atoms with Crippen LogP contribution in [0.1, 0.15) is 33.6 Å². The first-order chi connectivity index (χ1) is 7.50. The normalized spacial score (nSPS) is 34.1. The zero-order valence-corrected chi connectivity index (χ0v) is 10.5. The van der Waals surface area contributed by atoms with Gasteiger partial charge in [-0.05, 0) is 33.6 Å². The number of hydrogen-bond donors (Lipinski definition) is 1. The minimum atomic E-state index is -0.190. The van der Waals surface area contributed by atoms with Gasteiger partial charge in [-0.3, -0.25) is 4.79 Å². The Bertz CT molecular complexity index is 272. The quantitative estimate of drug-likeness (QED) is 0.718. The van der Waals surface area contributed by atoms with Crippen molar-refractivity contribution >= 4 is 5.91 Å². The van der Waals surface area contributed by atoms with Gasteiger partial charge in [0, 0.05) is 31.3 Å². The summed E-state index contributed by atoms with van der Waals surface area (Å²) < 4.78 is 5.48. The molecule has 2 aliphatic rings. The van der Waals surface area contributed by atoms with E-state index in [0.29, 0.717) is 6.04 Å². The Balaban J connectivity index is 2.07. The third-order valence-electron chi connectivity index (χ3n) is 3.54. The van der Waals surface area contributed by atoms with Gasteiger partial charge in [0.1, 0.15) is 6.10 Å². The van der Waals surface area contributed by atoms with Crippen molar-refractivity contribution in [2.45, 2.75) is 51.3 Å². The van der Waals surface area contributed by atoms with Crippen LogP contribution in [0, 0.1) is 0 Å². The number of carbonyl (C=O) groups is 1. The van der Waals surface area contributed by atoms with Gasteiger partial charge in [0.2, 0.25) is 0 Å². The number of nitrogens with zero attached hydrogens (tertiary/aromatic N) is 1. The maximum atomic E-state index is 12.3. The van der Waals surface area contributed by atoms with Crippen molar-refractivity contribution in [1.29, 1.82) is 0 Å². The molecule has 0 spiro atoms. The molecule has 2 fully saturated rings. The van der Waals surface area contributed by atoms with Crippen LogP contribution in [0.5, 0.6) is 0 Å². The SMILES string of the molecule is CC1CN(C(=O)C2CCCO2)C(C)(C)CN1. The molecule has 0 bridgehead atoms. The highest BCUT2D eigenvalue weighted by molar-refractivity contribution is 5.82. The van der Waals surface area contributed by atoms with E-state index >= 15 is 0 Å². The van der Waals surface area contributed by atoms with Gasteiger partial charge in [-0.1, -0.05) is 0 Å². The summed E-state index contributed by atoms with van der Waals surface area (Å²) in [6.07, 6.45) is 1.70. The topological polar surface area (TPSA) is 41.6 Å². The van der Waals surface area contributed by atoms with Crippen molar-refractivity contribution in [3.63, 3.8) is 0 Å². The van der Waals surface area contributed by atoms with Gasteiger partial charge in [-0.15, -0.1) is 0 Å². The van der Waals surface area contributed by atoms with Gasteiger partial charge < -0.3 is 15.0 Å². The fraction of sp³-hybridized carbons (Fsp3) is 0.917. The Kier molecular flexibility index (Phi) is 3.22. The van der Waals surface area contributed by atoms with Crippen molar-refractivity contribution < 1.29 is 9.53 Å². The molecule has 92 valence electrons. The van der Waals surface area contributed by atoms with Crippen LogP contribution in [0.3, 0.4) is 0 Å². The van der Waals surface area contributed by atoms with Gasteiger partial charge in [0.15, 0.2) is 0 Å². The number of rotatable bonds is 1. The molecule has 0 aliphatic carbocycles. The van der Waals surface area contributed by atoms with Gasteiger partial charge in [-0.25, -0.2) is 0 Å². The maximum absolute atomic E-state index is 12.3. The van der Waals surface area contributed by atoms with Crippen LogP contribution in [-0.4, -0.2) is 48.2 Å². The number of amides is 1. The fourth-order valence-corrected chi connectivity index (χ4v) is 2.44. The molecule has 2 aliphatic heterocycles. The zero-order valence-electron chi connectivity index (χ0n) is 10.5. The first kappa shape index (κ1) is 11.9. The molecule has 0 saturated carbocycles. The number of nitrogens with one attached hydrogen (secondary N) is 1. The molecule has 2 heterocycles. The average molecular weight is 226 g/mol. The molecule has 4 nitrogen and oxygen atoms in total. The van der Waals surface area contributed by atoms with E-state index in [4.69, 9.17) is 4.74 Å². The Morgan fingerprint density at radius 3 is 2.88 bits per heavy atom. The molecule has 4 heteroatoms. The number of piperazine rings is 1. The highest BCUT2D eigenvalue weighted by Crippen LogP contribution is 2.23. The molecule has 2 atom stereocenters. The van der Waals surface area contributed by atoms with E-state index < -0.39 is 0 Å². The second kappa shape index (κ2) is 4.34. The lowest BCUT2D eigenvalue weighted by molar-refractivity contribution is -0.148.